The van der Waals surface area contributed by atoms with E-state index < -0.39 is 0 Å². The largest absolute Gasteiger partial charge is 0.337 e. The number of fused-ring (bicyclic) bond motifs is 1. The zero-order valence-corrected chi connectivity index (χ0v) is 9.34. The van der Waals surface area contributed by atoms with Gasteiger partial charge in [0.15, 0.2) is 11.6 Å². The highest BCUT2D eigenvalue weighted by Crippen LogP contribution is 2.17. The molecule has 0 spiro atoms. The average molecular weight is 250 g/mol. The number of imidazole rings is 1. The fraction of sp³-hybridized carbons (Fsp3) is 0.100. The van der Waals surface area contributed by atoms with Crippen molar-refractivity contribution in [3.63, 3.8) is 0 Å². The Morgan fingerprint density at radius 1 is 1.41 bits per heavy atom. The predicted octanol–water partition coefficient (Wildman–Crippen LogP) is 1.86. The molecule has 0 saturated heterocycles. The van der Waals surface area contributed by atoms with Crippen LogP contribution in [0.25, 0.3) is 11.0 Å². The molecule has 0 bridgehead atoms. The number of hydrazone groups is 1. The zero-order chi connectivity index (χ0) is 11.8. The molecule has 1 amide bonds. The maximum absolute atomic E-state index is 13.4. The van der Waals surface area contributed by atoms with E-state index >= 15 is 0 Å². The van der Waals surface area contributed by atoms with Gasteiger partial charge in [-0.25, -0.2) is 14.8 Å². The molecule has 0 radical (unpaired) electrons. The molecule has 86 valence electrons. The van der Waals surface area contributed by atoms with Crippen molar-refractivity contribution in [2.45, 2.75) is 0 Å². The van der Waals surface area contributed by atoms with Crippen molar-refractivity contribution in [3.05, 3.63) is 29.8 Å². The molecule has 0 atom stereocenters. The quantitative estimate of drug-likeness (QED) is 0.811. The molecule has 2 N–H and O–H groups in total. The number of nitrogens with zero attached hydrogens (tertiary/aromatic N) is 2. The molecule has 1 aromatic carbocycles. The topological polar surface area (TPSA) is 70.1 Å². The van der Waals surface area contributed by atoms with Gasteiger partial charge >= 0.3 is 0 Å². The van der Waals surface area contributed by atoms with Crippen LogP contribution in [-0.2, 0) is 0 Å². The van der Waals surface area contributed by atoms with Crippen LogP contribution in [-0.4, -0.2) is 26.7 Å². The molecule has 0 unspecified atom stereocenters. The lowest BCUT2D eigenvalue weighted by Gasteiger charge is -2.08. The SMILES string of the molecule is O=C1NN=C(c2nc3c(F)cccc3[nH]2)CS1. The lowest BCUT2D eigenvalue weighted by atomic mass is 10.3. The first-order valence-electron chi connectivity index (χ1n) is 4.88. The first-order valence-corrected chi connectivity index (χ1v) is 5.86. The van der Waals surface area contributed by atoms with Crippen molar-refractivity contribution in [1.29, 1.82) is 0 Å². The summed E-state index contributed by atoms with van der Waals surface area (Å²) in [7, 11) is 0. The summed E-state index contributed by atoms with van der Waals surface area (Å²) < 4.78 is 13.4. The normalized spacial score (nSPS) is 15.8. The number of H-pyrrole nitrogens is 1. The predicted molar refractivity (Wildman–Crippen MR) is 63.6 cm³/mol. The minimum atomic E-state index is -0.377. The fourth-order valence-electron chi connectivity index (χ4n) is 1.57. The number of carbonyl (C=O) groups is 1. The number of carbonyl (C=O) groups excluding carboxylic acids is 1. The molecule has 5 nitrogen and oxygen atoms in total. The van der Waals surface area contributed by atoms with Gasteiger partial charge in [0.05, 0.1) is 11.3 Å². The Balaban J connectivity index is 2.07. The summed E-state index contributed by atoms with van der Waals surface area (Å²) in [4.78, 5) is 18.0. The first kappa shape index (κ1) is 10.3. The van der Waals surface area contributed by atoms with Crippen LogP contribution in [0.5, 0.6) is 0 Å². The maximum atomic E-state index is 13.4. The Kier molecular flexibility index (Phi) is 2.32. The third kappa shape index (κ3) is 1.78. The molecule has 7 heteroatoms. The molecule has 2 aromatic rings. The second-order valence-electron chi connectivity index (χ2n) is 3.47. The Hall–Kier alpha value is -1.89. The number of hydrogen-bond donors (Lipinski definition) is 2. The van der Waals surface area contributed by atoms with Crippen LogP contribution in [0.3, 0.4) is 0 Å². The van der Waals surface area contributed by atoms with Crippen molar-refractivity contribution in [2.75, 3.05) is 5.75 Å². The molecule has 0 saturated carbocycles. The van der Waals surface area contributed by atoms with E-state index in [0.717, 1.165) is 11.8 Å². The summed E-state index contributed by atoms with van der Waals surface area (Å²) in [6.07, 6.45) is 0. The van der Waals surface area contributed by atoms with Crippen LogP contribution in [0.1, 0.15) is 5.82 Å². The monoisotopic (exact) mass is 250 g/mol. The van der Waals surface area contributed by atoms with Crippen molar-refractivity contribution < 1.29 is 9.18 Å². The van der Waals surface area contributed by atoms with Gasteiger partial charge < -0.3 is 4.98 Å². The van der Waals surface area contributed by atoms with Crippen molar-refractivity contribution >= 4 is 33.7 Å². The second kappa shape index (κ2) is 3.85. The molecule has 1 aliphatic heterocycles. The number of amides is 1. The average Bonchev–Trinajstić information content (AvgIpc) is 2.75. The molecule has 0 fully saturated rings. The van der Waals surface area contributed by atoms with E-state index in [4.69, 9.17) is 0 Å². The summed E-state index contributed by atoms with van der Waals surface area (Å²) in [5, 5.41) is 3.69. The van der Waals surface area contributed by atoms with Crippen LogP contribution in [0.2, 0.25) is 0 Å². The number of aromatic nitrogens is 2. The van der Waals surface area contributed by atoms with Crippen molar-refractivity contribution in [3.8, 4) is 0 Å². The summed E-state index contributed by atoms with van der Waals surface area (Å²) in [5.74, 6) is 0.531. The fourth-order valence-corrected chi connectivity index (χ4v) is 2.15. The van der Waals surface area contributed by atoms with Gasteiger partial charge in [-0.1, -0.05) is 17.8 Å². The number of hydrogen-bond acceptors (Lipinski definition) is 4. The number of halogens is 1. The molecular formula is C10H7FN4OS. The molecule has 2 heterocycles. The van der Waals surface area contributed by atoms with E-state index in [1.165, 1.54) is 6.07 Å². The van der Waals surface area contributed by atoms with E-state index in [0.29, 0.717) is 22.8 Å². The maximum Gasteiger partial charge on any atom is 0.299 e. The number of rotatable bonds is 1. The number of benzene rings is 1. The van der Waals surface area contributed by atoms with Gasteiger partial charge in [0.2, 0.25) is 0 Å². The van der Waals surface area contributed by atoms with Crippen molar-refractivity contribution in [2.24, 2.45) is 5.10 Å². The smallest absolute Gasteiger partial charge is 0.299 e. The highest BCUT2D eigenvalue weighted by molar-refractivity contribution is 8.14. The van der Waals surface area contributed by atoms with E-state index in [-0.39, 0.29) is 16.6 Å². The summed E-state index contributed by atoms with van der Waals surface area (Å²) >= 11 is 1.10. The van der Waals surface area contributed by atoms with E-state index in [9.17, 15) is 9.18 Å². The highest BCUT2D eigenvalue weighted by Gasteiger charge is 2.17. The minimum absolute atomic E-state index is 0.198. The van der Waals surface area contributed by atoms with Gasteiger partial charge in [-0.05, 0) is 12.1 Å². The van der Waals surface area contributed by atoms with Crippen LogP contribution in [0, 0.1) is 5.82 Å². The number of nitrogens with one attached hydrogen (secondary N) is 2. The van der Waals surface area contributed by atoms with E-state index in [2.05, 4.69) is 20.5 Å². The van der Waals surface area contributed by atoms with Crippen LogP contribution >= 0.6 is 11.8 Å². The Bertz CT molecular complexity index is 636. The highest BCUT2D eigenvalue weighted by atomic mass is 32.2. The number of thioether (sulfide) groups is 1. The third-order valence-electron chi connectivity index (χ3n) is 2.36. The van der Waals surface area contributed by atoms with Gasteiger partial charge in [0.25, 0.3) is 5.24 Å². The Labute approximate surface area is 99.5 Å². The second-order valence-corrected chi connectivity index (χ2v) is 4.42. The standard InChI is InChI=1S/C10H7FN4OS/c11-5-2-1-3-6-8(5)13-9(12-6)7-4-17-10(16)15-14-7/h1-3H,4H2,(H,12,13)(H,15,16). The first-order chi connectivity index (χ1) is 8.24. The number of aromatic amines is 1. The van der Waals surface area contributed by atoms with Gasteiger partial charge in [-0.3, -0.25) is 4.79 Å². The van der Waals surface area contributed by atoms with E-state index in [1.54, 1.807) is 12.1 Å². The van der Waals surface area contributed by atoms with Crippen LogP contribution < -0.4 is 5.43 Å². The van der Waals surface area contributed by atoms with Crippen LogP contribution in [0.4, 0.5) is 9.18 Å². The Morgan fingerprint density at radius 3 is 3.00 bits per heavy atom. The molecule has 0 aliphatic carbocycles. The molecule has 17 heavy (non-hydrogen) atoms. The van der Waals surface area contributed by atoms with Gasteiger partial charge in [-0.15, -0.1) is 0 Å². The summed E-state index contributed by atoms with van der Waals surface area (Å²) in [6, 6.07) is 4.70. The lowest BCUT2D eigenvalue weighted by Crippen LogP contribution is -2.24. The van der Waals surface area contributed by atoms with Crippen molar-refractivity contribution in [1.82, 2.24) is 15.4 Å². The van der Waals surface area contributed by atoms with Gasteiger partial charge in [-0.2, -0.15) is 5.10 Å². The number of para-hydroxylation sites is 1. The van der Waals surface area contributed by atoms with Gasteiger partial charge in [0, 0.05) is 0 Å². The molecular weight excluding hydrogens is 243 g/mol. The summed E-state index contributed by atoms with van der Waals surface area (Å²) in [5.41, 5.74) is 3.85. The molecule has 1 aromatic heterocycles. The van der Waals surface area contributed by atoms with Crippen LogP contribution in [0.15, 0.2) is 23.3 Å². The lowest BCUT2D eigenvalue weighted by molar-refractivity contribution is 0.261. The third-order valence-corrected chi connectivity index (χ3v) is 3.13. The van der Waals surface area contributed by atoms with Gasteiger partial charge in [0.1, 0.15) is 11.2 Å². The zero-order valence-electron chi connectivity index (χ0n) is 8.53. The molecule has 3 rings (SSSR count). The summed E-state index contributed by atoms with van der Waals surface area (Å²) in [6.45, 7) is 0. The Morgan fingerprint density at radius 2 is 2.29 bits per heavy atom. The van der Waals surface area contributed by atoms with E-state index in [1.807, 2.05) is 0 Å². The minimum Gasteiger partial charge on any atom is -0.337 e. The molecule has 1 aliphatic rings.